The number of aromatic nitrogens is 2. The highest BCUT2D eigenvalue weighted by Gasteiger charge is 2.11. The van der Waals surface area contributed by atoms with Gasteiger partial charge in [-0.1, -0.05) is 24.3 Å². The molecular formula is C16H13N3O. The van der Waals surface area contributed by atoms with Gasteiger partial charge < -0.3 is 5.73 Å². The number of nitrogens with zero attached hydrogens (tertiary/aromatic N) is 2. The molecule has 4 nitrogen and oxygen atoms in total. The maximum absolute atomic E-state index is 12.3. The van der Waals surface area contributed by atoms with Gasteiger partial charge in [-0.2, -0.15) is 0 Å². The molecule has 0 fully saturated rings. The summed E-state index contributed by atoms with van der Waals surface area (Å²) in [6, 6.07) is 13.1. The third-order valence-corrected chi connectivity index (χ3v) is 3.18. The van der Waals surface area contributed by atoms with Gasteiger partial charge >= 0.3 is 0 Å². The van der Waals surface area contributed by atoms with Crippen molar-refractivity contribution in [2.45, 2.75) is 6.42 Å². The van der Waals surface area contributed by atoms with Gasteiger partial charge in [-0.3, -0.25) is 9.78 Å². The minimum Gasteiger partial charge on any atom is -0.398 e. The number of para-hydroxylation sites is 1. The lowest BCUT2D eigenvalue weighted by Gasteiger charge is -2.04. The number of nitrogens with two attached hydrogens (primary N) is 1. The molecule has 0 atom stereocenters. The van der Waals surface area contributed by atoms with Crippen molar-refractivity contribution in [2.24, 2.45) is 0 Å². The lowest BCUT2D eigenvalue weighted by atomic mass is 10.1. The zero-order valence-electron chi connectivity index (χ0n) is 10.8. The number of hydrogen-bond acceptors (Lipinski definition) is 4. The molecule has 1 aromatic carbocycles. The molecule has 98 valence electrons. The predicted molar refractivity (Wildman–Crippen MR) is 78.4 cm³/mol. The zero-order chi connectivity index (χ0) is 13.9. The van der Waals surface area contributed by atoms with E-state index in [-0.39, 0.29) is 12.2 Å². The molecule has 0 unspecified atom stereocenters. The monoisotopic (exact) mass is 263 g/mol. The van der Waals surface area contributed by atoms with Crippen molar-refractivity contribution in [1.29, 1.82) is 0 Å². The van der Waals surface area contributed by atoms with Crippen molar-refractivity contribution in [2.75, 3.05) is 5.73 Å². The molecule has 0 radical (unpaired) electrons. The molecule has 0 aliphatic carbocycles. The highest BCUT2D eigenvalue weighted by molar-refractivity contribution is 5.98. The maximum atomic E-state index is 12.3. The van der Waals surface area contributed by atoms with E-state index < -0.39 is 0 Å². The van der Waals surface area contributed by atoms with Crippen molar-refractivity contribution in [1.82, 2.24) is 9.97 Å². The first-order valence-corrected chi connectivity index (χ1v) is 6.31. The van der Waals surface area contributed by atoms with E-state index in [1.165, 1.54) is 0 Å². The number of Topliss-reactive ketones (excluding diaryl/α,β-unsaturated/α-hetero) is 1. The summed E-state index contributed by atoms with van der Waals surface area (Å²) in [5.74, 6) is -0.0598. The molecule has 2 aromatic heterocycles. The van der Waals surface area contributed by atoms with E-state index in [1.807, 2.05) is 30.3 Å². The van der Waals surface area contributed by atoms with E-state index in [0.717, 1.165) is 16.5 Å². The Morgan fingerprint density at radius 1 is 1.10 bits per heavy atom. The smallest absolute Gasteiger partial charge is 0.185 e. The van der Waals surface area contributed by atoms with Crippen molar-refractivity contribution >= 4 is 22.4 Å². The van der Waals surface area contributed by atoms with Crippen LogP contribution in [0.4, 0.5) is 5.69 Å². The Bertz CT molecular complexity index is 783. The molecule has 0 aliphatic heterocycles. The molecule has 0 saturated heterocycles. The van der Waals surface area contributed by atoms with Gasteiger partial charge in [0.15, 0.2) is 5.78 Å². The average molecular weight is 263 g/mol. The van der Waals surface area contributed by atoms with Crippen molar-refractivity contribution in [3.8, 4) is 0 Å². The van der Waals surface area contributed by atoms with Gasteiger partial charge in [-0.15, -0.1) is 0 Å². The fourth-order valence-electron chi connectivity index (χ4n) is 2.07. The Balaban J connectivity index is 1.91. The minimum absolute atomic E-state index is 0.0598. The molecule has 2 heterocycles. The van der Waals surface area contributed by atoms with E-state index in [1.54, 1.807) is 24.5 Å². The first-order chi connectivity index (χ1) is 9.74. The number of benzene rings is 1. The average Bonchev–Trinajstić information content (AvgIpc) is 2.49. The van der Waals surface area contributed by atoms with Crippen molar-refractivity contribution < 1.29 is 4.79 Å². The first kappa shape index (κ1) is 12.3. The molecule has 0 bridgehead atoms. The second kappa shape index (κ2) is 5.09. The van der Waals surface area contributed by atoms with E-state index in [0.29, 0.717) is 11.4 Å². The zero-order valence-corrected chi connectivity index (χ0v) is 10.8. The predicted octanol–water partition coefficient (Wildman–Crippen LogP) is 2.64. The van der Waals surface area contributed by atoms with Gasteiger partial charge in [0, 0.05) is 35.5 Å². The summed E-state index contributed by atoms with van der Waals surface area (Å²) in [6.45, 7) is 0. The highest BCUT2D eigenvalue weighted by Crippen LogP contribution is 2.15. The molecule has 0 saturated carbocycles. The van der Waals surface area contributed by atoms with Crippen molar-refractivity contribution in [3.05, 3.63) is 66.1 Å². The van der Waals surface area contributed by atoms with Crippen LogP contribution in [0.15, 0.2) is 54.9 Å². The van der Waals surface area contributed by atoms with Crippen LogP contribution in [0.5, 0.6) is 0 Å². The van der Waals surface area contributed by atoms with Crippen LogP contribution in [0.25, 0.3) is 10.9 Å². The van der Waals surface area contributed by atoms with Crippen LogP contribution in [-0.2, 0) is 6.42 Å². The Labute approximate surface area is 116 Å². The number of rotatable bonds is 3. The van der Waals surface area contributed by atoms with Crippen LogP contribution >= 0.6 is 0 Å². The lowest BCUT2D eigenvalue weighted by Crippen LogP contribution is -2.08. The number of carbonyl (C=O) groups excluding carboxylic acids is 1. The number of pyridine rings is 2. The van der Waals surface area contributed by atoms with E-state index in [4.69, 9.17) is 5.73 Å². The van der Waals surface area contributed by atoms with E-state index in [2.05, 4.69) is 9.97 Å². The van der Waals surface area contributed by atoms with Crippen LogP contribution in [0.3, 0.4) is 0 Å². The SMILES string of the molecule is Nc1ccncc1CC(=O)c1ccc2ccccc2n1. The van der Waals surface area contributed by atoms with Gasteiger partial charge in [0.25, 0.3) is 0 Å². The van der Waals surface area contributed by atoms with E-state index in [9.17, 15) is 4.79 Å². The van der Waals surface area contributed by atoms with E-state index >= 15 is 0 Å². The summed E-state index contributed by atoms with van der Waals surface area (Å²) in [4.78, 5) is 20.6. The maximum Gasteiger partial charge on any atom is 0.185 e. The number of hydrogen-bond donors (Lipinski definition) is 1. The van der Waals surface area contributed by atoms with Gasteiger partial charge in [0.2, 0.25) is 0 Å². The minimum atomic E-state index is -0.0598. The third-order valence-electron chi connectivity index (χ3n) is 3.18. The van der Waals surface area contributed by atoms with Crippen LogP contribution in [-0.4, -0.2) is 15.8 Å². The summed E-state index contributed by atoms with van der Waals surface area (Å²) in [5, 5.41) is 1.02. The number of ketones is 1. The Hall–Kier alpha value is -2.75. The number of nitrogen functional groups attached to an aromatic ring is 1. The van der Waals surface area contributed by atoms with Crippen LogP contribution in [0.1, 0.15) is 16.1 Å². The number of carbonyl (C=O) groups is 1. The largest absolute Gasteiger partial charge is 0.398 e. The molecule has 0 spiro atoms. The highest BCUT2D eigenvalue weighted by atomic mass is 16.1. The summed E-state index contributed by atoms with van der Waals surface area (Å²) in [5.41, 5.74) is 8.40. The van der Waals surface area contributed by atoms with Crippen molar-refractivity contribution in [3.63, 3.8) is 0 Å². The summed E-state index contributed by atoms with van der Waals surface area (Å²) in [6.07, 6.45) is 3.44. The first-order valence-electron chi connectivity index (χ1n) is 6.31. The fraction of sp³-hybridized carbons (Fsp3) is 0.0625. The molecule has 3 rings (SSSR count). The fourth-order valence-corrected chi connectivity index (χ4v) is 2.07. The third kappa shape index (κ3) is 2.36. The summed E-state index contributed by atoms with van der Waals surface area (Å²) < 4.78 is 0. The normalized spacial score (nSPS) is 10.6. The molecule has 3 aromatic rings. The number of fused-ring (bicyclic) bond motifs is 1. The van der Waals surface area contributed by atoms with Gasteiger partial charge in [0.1, 0.15) is 5.69 Å². The molecular weight excluding hydrogens is 250 g/mol. The molecule has 20 heavy (non-hydrogen) atoms. The van der Waals surface area contributed by atoms with Gasteiger partial charge in [-0.25, -0.2) is 4.98 Å². The van der Waals surface area contributed by atoms with Crippen LogP contribution in [0, 0.1) is 0 Å². The number of anilines is 1. The summed E-state index contributed by atoms with van der Waals surface area (Å²) >= 11 is 0. The standard InChI is InChI=1S/C16H13N3O/c17-13-7-8-18-10-12(13)9-16(20)15-6-5-11-3-1-2-4-14(11)19-15/h1-8,10H,9H2,(H2,17,18). The molecule has 0 amide bonds. The van der Waals surface area contributed by atoms with Gasteiger partial charge in [-0.05, 0) is 18.2 Å². The molecule has 2 N–H and O–H groups in total. The Morgan fingerprint density at radius 2 is 1.95 bits per heavy atom. The second-order valence-electron chi connectivity index (χ2n) is 4.56. The Morgan fingerprint density at radius 3 is 2.80 bits per heavy atom. The Kier molecular flexibility index (Phi) is 3.13. The topological polar surface area (TPSA) is 68.9 Å². The van der Waals surface area contributed by atoms with Crippen LogP contribution in [0.2, 0.25) is 0 Å². The molecule has 0 aliphatic rings. The van der Waals surface area contributed by atoms with Crippen LogP contribution < -0.4 is 5.73 Å². The molecule has 4 heteroatoms. The quantitative estimate of drug-likeness (QED) is 0.737. The lowest BCUT2D eigenvalue weighted by molar-refractivity contribution is 0.0988. The van der Waals surface area contributed by atoms with Gasteiger partial charge in [0.05, 0.1) is 5.52 Å². The second-order valence-corrected chi connectivity index (χ2v) is 4.56. The summed E-state index contributed by atoms with van der Waals surface area (Å²) in [7, 11) is 0.